The van der Waals surface area contributed by atoms with E-state index in [0.29, 0.717) is 6.54 Å². The molecule has 19 heavy (non-hydrogen) atoms. The van der Waals surface area contributed by atoms with Crippen LogP contribution in [-0.2, 0) is 11.2 Å². The first-order valence-electron chi connectivity index (χ1n) is 6.59. The monoisotopic (exact) mass is 261 g/mol. The Labute approximate surface area is 115 Å². The molecule has 0 unspecified atom stereocenters. The van der Waals surface area contributed by atoms with Crippen molar-refractivity contribution < 1.29 is 4.79 Å². The molecule has 1 heterocycles. The van der Waals surface area contributed by atoms with Crippen LogP contribution in [0.4, 0.5) is 0 Å². The number of aromatic nitrogens is 1. The highest BCUT2D eigenvalue weighted by molar-refractivity contribution is 5.87. The summed E-state index contributed by atoms with van der Waals surface area (Å²) >= 11 is 0. The third-order valence-corrected chi connectivity index (χ3v) is 2.75. The van der Waals surface area contributed by atoms with E-state index in [1.807, 2.05) is 37.3 Å². The van der Waals surface area contributed by atoms with Gasteiger partial charge in [0.05, 0.1) is 0 Å². The average molecular weight is 261 g/mol. The fourth-order valence-electron chi connectivity index (χ4n) is 1.68. The van der Waals surface area contributed by atoms with Crippen LogP contribution in [-0.4, -0.2) is 43.0 Å². The van der Waals surface area contributed by atoms with Gasteiger partial charge in [-0.25, -0.2) is 0 Å². The van der Waals surface area contributed by atoms with Crippen molar-refractivity contribution in [2.24, 2.45) is 0 Å². The number of nitrogens with zero attached hydrogens (tertiary/aromatic N) is 2. The fourth-order valence-corrected chi connectivity index (χ4v) is 1.68. The number of rotatable bonds is 7. The van der Waals surface area contributed by atoms with Crippen LogP contribution < -0.4 is 5.32 Å². The lowest BCUT2D eigenvalue weighted by atomic mass is 10.1. The van der Waals surface area contributed by atoms with E-state index in [2.05, 4.69) is 23.3 Å². The molecule has 0 saturated carbocycles. The van der Waals surface area contributed by atoms with Gasteiger partial charge in [0.25, 0.3) is 0 Å². The predicted octanol–water partition coefficient (Wildman–Crippen LogP) is 1.56. The van der Waals surface area contributed by atoms with E-state index in [1.54, 1.807) is 6.08 Å². The Morgan fingerprint density at radius 1 is 1.47 bits per heavy atom. The van der Waals surface area contributed by atoms with Crippen LogP contribution in [0.5, 0.6) is 0 Å². The molecular weight excluding hydrogens is 238 g/mol. The number of amides is 1. The smallest absolute Gasteiger partial charge is 0.243 e. The highest BCUT2D eigenvalue weighted by Crippen LogP contribution is 2.05. The summed E-state index contributed by atoms with van der Waals surface area (Å²) in [7, 11) is 3.94. The van der Waals surface area contributed by atoms with E-state index >= 15 is 0 Å². The van der Waals surface area contributed by atoms with Crippen LogP contribution in [0.3, 0.4) is 0 Å². The molecule has 1 amide bonds. The van der Waals surface area contributed by atoms with Crippen molar-refractivity contribution in [2.75, 3.05) is 27.2 Å². The number of carbonyl (C=O) groups is 1. The normalized spacial score (nSPS) is 11.2. The molecule has 0 aliphatic heterocycles. The molecule has 0 radical (unpaired) electrons. The lowest BCUT2D eigenvalue weighted by Gasteiger charge is -2.05. The van der Waals surface area contributed by atoms with Crippen LogP contribution in [0.1, 0.15) is 17.7 Å². The molecule has 1 N–H and O–H groups in total. The zero-order valence-electron chi connectivity index (χ0n) is 12.0. The van der Waals surface area contributed by atoms with E-state index in [1.165, 1.54) is 5.56 Å². The molecule has 4 nitrogen and oxygen atoms in total. The highest BCUT2D eigenvalue weighted by atomic mass is 16.1. The Kier molecular flexibility index (Phi) is 6.82. The van der Waals surface area contributed by atoms with E-state index in [0.717, 1.165) is 25.1 Å². The van der Waals surface area contributed by atoms with Crippen molar-refractivity contribution in [1.29, 1.82) is 0 Å². The zero-order valence-corrected chi connectivity index (χ0v) is 12.0. The quantitative estimate of drug-likeness (QED) is 0.598. The first-order valence-corrected chi connectivity index (χ1v) is 6.59. The minimum absolute atomic E-state index is 0.0282. The number of hydrogen-bond acceptors (Lipinski definition) is 3. The largest absolute Gasteiger partial charge is 0.353 e. The molecule has 0 aliphatic carbocycles. The number of likely N-dealkylation sites (N-methyl/N-ethyl adjacent to an activating group) is 1. The van der Waals surface area contributed by atoms with Gasteiger partial charge < -0.3 is 10.2 Å². The second-order valence-electron chi connectivity index (χ2n) is 4.83. The van der Waals surface area contributed by atoms with Crippen molar-refractivity contribution in [2.45, 2.75) is 19.8 Å². The van der Waals surface area contributed by atoms with Crippen molar-refractivity contribution in [1.82, 2.24) is 15.2 Å². The van der Waals surface area contributed by atoms with Crippen LogP contribution in [0, 0.1) is 6.92 Å². The summed E-state index contributed by atoms with van der Waals surface area (Å²) in [5.41, 5.74) is 2.32. The van der Waals surface area contributed by atoms with Gasteiger partial charge in [-0.05, 0) is 45.5 Å². The first-order chi connectivity index (χ1) is 9.09. The van der Waals surface area contributed by atoms with E-state index in [4.69, 9.17) is 0 Å². The molecule has 104 valence electrons. The molecule has 0 aromatic carbocycles. The van der Waals surface area contributed by atoms with Gasteiger partial charge in [0.15, 0.2) is 0 Å². The second kappa shape index (κ2) is 8.43. The Bertz CT molecular complexity index is 427. The van der Waals surface area contributed by atoms with E-state index in [9.17, 15) is 4.79 Å². The summed E-state index contributed by atoms with van der Waals surface area (Å²) < 4.78 is 0. The van der Waals surface area contributed by atoms with Gasteiger partial charge in [0, 0.05) is 31.1 Å². The van der Waals surface area contributed by atoms with Gasteiger partial charge in [-0.15, -0.1) is 0 Å². The lowest BCUT2D eigenvalue weighted by molar-refractivity contribution is -0.116. The molecule has 0 aliphatic rings. The minimum Gasteiger partial charge on any atom is -0.353 e. The summed E-state index contributed by atoms with van der Waals surface area (Å²) in [6.07, 6.45) is 7.06. The molecule has 0 spiro atoms. The van der Waals surface area contributed by atoms with Gasteiger partial charge in [-0.2, -0.15) is 0 Å². The first kappa shape index (κ1) is 15.4. The number of carbonyl (C=O) groups excluding carboxylic acids is 1. The van der Waals surface area contributed by atoms with Crippen LogP contribution in [0.15, 0.2) is 30.5 Å². The molecule has 4 heteroatoms. The van der Waals surface area contributed by atoms with Gasteiger partial charge in [-0.1, -0.05) is 12.1 Å². The molecular formula is C15H23N3O. The van der Waals surface area contributed by atoms with Crippen molar-refractivity contribution >= 4 is 5.91 Å². The molecule has 1 aromatic rings. The summed E-state index contributed by atoms with van der Waals surface area (Å²) in [4.78, 5) is 17.8. The van der Waals surface area contributed by atoms with Crippen LogP contribution in [0.25, 0.3) is 0 Å². The van der Waals surface area contributed by atoms with Crippen LogP contribution >= 0.6 is 0 Å². The SMILES string of the molecule is Cc1cccnc1CCCNC(=O)/C=C/CN(C)C. The standard InChI is InChI=1S/C15H23N3O/c1-13-7-4-10-16-14(13)8-5-11-17-15(19)9-6-12-18(2)3/h4,6-7,9-10H,5,8,11-12H2,1-3H3,(H,17,19)/b9-6+. The Morgan fingerprint density at radius 2 is 2.26 bits per heavy atom. The van der Waals surface area contributed by atoms with Gasteiger partial charge in [-0.3, -0.25) is 9.78 Å². The summed E-state index contributed by atoms with van der Waals surface area (Å²) in [6.45, 7) is 3.52. The maximum Gasteiger partial charge on any atom is 0.243 e. The third-order valence-electron chi connectivity index (χ3n) is 2.75. The molecule has 1 aromatic heterocycles. The summed E-state index contributed by atoms with van der Waals surface area (Å²) in [5.74, 6) is -0.0282. The molecule has 0 atom stereocenters. The maximum absolute atomic E-state index is 11.5. The Morgan fingerprint density at radius 3 is 2.95 bits per heavy atom. The maximum atomic E-state index is 11.5. The Balaban J connectivity index is 2.19. The lowest BCUT2D eigenvalue weighted by Crippen LogP contribution is -2.23. The summed E-state index contributed by atoms with van der Waals surface area (Å²) in [6, 6.07) is 4.00. The predicted molar refractivity (Wildman–Crippen MR) is 78.0 cm³/mol. The van der Waals surface area contributed by atoms with E-state index < -0.39 is 0 Å². The second-order valence-corrected chi connectivity index (χ2v) is 4.83. The van der Waals surface area contributed by atoms with Crippen LogP contribution in [0.2, 0.25) is 0 Å². The molecule has 0 fully saturated rings. The van der Waals surface area contributed by atoms with E-state index in [-0.39, 0.29) is 5.91 Å². The third kappa shape index (κ3) is 6.72. The zero-order chi connectivity index (χ0) is 14.1. The minimum atomic E-state index is -0.0282. The number of hydrogen-bond donors (Lipinski definition) is 1. The van der Waals surface area contributed by atoms with Crippen molar-refractivity contribution in [3.63, 3.8) is 0 Å². The van der Waals surface area contributed by atoms with Gasteiger partial charge >= 0.3 is 0 Å². The molecule has 0 bridgehead atoms. The topological polar surface area (TPSA) is 45.2 Å². The number of pyridine rings is 1. The number of nitrogens with one attached hydrogen (secondary N) is 1. The van der Waals surface area contributed by atoms with Crippen molar-refractivity contribution in [3.8, 4) is 0 Å². The number of aryl methyl sites for hydroxylation is 2. The molecule has 1 rings (SSSR count). The van der Waals surface area contributed by atoms with Gasteiger partial charge in [0.2, 0.25) is 5.91 Å². The van der Waals surface area contributed by atoms with Crippen molar-refractivity contribution in [3.05, 3.63) is 41.7 Å². The fraction of sp³-hybridized carbons (Fsp3) is 0.467. The average Bonchev–Trinajstić information content (AvgIpc) is 2.36. The summed E-state index contributed by atoms with van der Waals surface area (Å²) in [5, 5.41) is 2.87. The highest BCUT2D eigenvalue weighted by Gasteiger charge is 1.99. The Hall–Kier alpha value is -1.68. The van der Waals surface area contributed by atoms with Gasteiger partial charge in [0.1, 0.15) is 0 Å². The molecule has 0 saturated heterocycles.